The summed E-state index contributed by atoms with van der Waals surface area (Å²) in [5, 5.41) is 0. The molecule has 0 saturated carbocycles. The molecule has 0 unspecified atom stereocenters. The number of Topliss-reactive ketones (excluding diaryl/α,β-unsaturated/α-hetero) is 1. The van der Waals surface area contributed by atoms with Crippen LogP contribution in [0.1, 0.15) is 39.2 Å². The average Bonchev–Trinajstić information content (AvgIpc) is 2.40. The van der Waals surface area contributed by atoms with Gasteiger partial charge in [0.2, 0.25) is 5.82 Å². The number of ketones is 1. The Morgan fingerprint density at radius 3 is 2.27 bits per heavy atom. The lowest BCUT2D eigenvalue weighted by Gasteiger charge is -2.19. The van der Waals surface area contributed by atoms with Crippen molar-refractivity contribution in [3.63, 3.8) is 0 Å². The number of methoxy groups -OCH3 is 1. The minimum atomic E-state index is -1.13. The molecule has 0 spiro atoms. The maximum absolute atomic E-state index is 13.7. The zero-order chi connectivity index (χ0) is 16.9. The van der Waals surface area contributed by atoms with Crippen LogP contribution in [0.2, 0.25) is 0 Å². The molecular weight excluding hydrogens is 294 g/mol. The van der Waals surface area contributed by atoms with Crippen LogP contribution in [0.25, 0.3) is 0 Å². The van der Waals surface area contributed by atoms with Gasteiger partial charge in [-0.25, -0.2) is 4.39 Å². The van der Waals surface area contributed by atoms with E-state index in [0.717, 1.165) is 0 Å². The fraction of sp³-hybridized carbons (Fsp3) is 0.500. The van der Waals surface area contributed by atoms with Crippen molar-refractivity contribution in [2.75, 3.05) is 7.11 Å². The second-order valence-electron chi connectivity index (χ2n) is 5.86. The fourth-order valence-electron chi connectivity index (χ4n) is 1.80. The largest absolute Gasteiger partial charge is 0.494 e. The predicted octanol–water partition coefficient (Wildman–Crippen LogP) is 3.21. The van der Waals surface area contributed by atoms with Crippen LogP contribution in [0.4, 0.5) is 8.78 Å². The molecule has 0 aromatic heterocycles. The van der Waals surface area contributed by atoms with Crippen LogP contribution >= 0.6 is 0 Å². The Morgan fingerprint density at radius 1 is 1.09 bits per heavy atom. The summed E-state index contributed by atoms with van der Waals surface area (Å²) >= 11 is 0. The number of ether oxygens (including phenoxy) is 2. The van der Waals surface area contributed by atoms with Crippen molar-refractivity contribution in [2.24, 2.45) is 0 Å². The predicted molar refractivity (Wildman–Crippen MR) is 76.7 cm³/mol. The topological polar surface area (TPSA) is 52.6 Å². The standard InChI is InChI=1S/C16H20F2O4/c1-16(2,3)22-13(20)8-6-11(19)9-10-5-7-12(21-4)15(18)14(10)17/h5,7H,6,8-9H2,1-4H3. The summed E-state index contributed by atoms with van der Waals surface area (Å²) in [5.74, 6) is -3.32. The first-order valence-corrected chi connectivity index (χ1v) is 6.88. The van der Waals surface area contributed by atoms with Gasteiger partial charge in [0.15, 0.2) is 11.6 Å². The van der Waals surface area contributed by atoms with E-state index < -0.39 is 23.2 Å². The van der Waals surface area contributed by atoms with Gasteiger partial charge in [-0.15, -0.1) is 0 Å². The van der Waals surface area contributed by atoms with E-state index in [0.29, 0.717) is 0 Å². The Labute approximate surface area is 128 Å². The van der Waals surface area contributed by atoms with E-state index in [1.165, 1.54) is 19.2 Å². The molecule has 6 heteroatoms. The number of benzene rings is 1. The molecule has 0 radical (unpaired) electrons. The van der Waals surface area contributed by atoms with Crippen molar-refractivity contribution in [1.29, 1.82) is 0 Å². The Bertz CT molecular complexity index is 562. The minimum absolute atomic E-state index is 0.0625. The molecule has 0 amide bonds. The lowest BCUT2D eigenvalue weighted by Crippen LogP contribution is -2.24. The Morgan fingerprint density at radius 2 is 1.73 bits per heavy atom. The van der Waals surface area contributed by atoms with E-state index in [4.69, 9.17) is 4.74 Å². The number of carbonyl (C=O) groups is 2. The highest BCUT2D eigenvalue weighted by atomic mass is 19.2. The number of hydrogen-bond acceptors (Lipinski definition) is 4. The highest BCUT2D eigenvalue weighted by Gasteiger charge is 2.19. The van der Waals surface area contributed by atoms with Crippen molar-refractivity contribution in [2.45, 2.75) is 45.6 Å². The van der Waals surface area contributed by atoms with E-state index in [2.05, 4.69) is 4.74 Å². The van der Waals surface area contributed by atoms with E-state index in [1.54, 1.807) is 20.8 Å². The van der Waals surface area contributed by atoms with Crippen molar-refractivity contribution in [3.8, 4) is 5.75 Å². The molecule has 0 atom stereocenters. The maximum atomic E-state index is 13.7. The summed E-state index contributed by atoms with van der Waals surface area (Å²) in [4.78, 5) is 23.3. The molecule has 22 heavy (non-hydrogen) atoms. The molecule has 0 bridgehead atoms. The van der Waals surface area contributed by atoms with Crippen molar-refractivity contribution in [3.05, 3.63) is 29.3 Å². The molecule has 1 rings (SSSR count). The molecule has 122 valence electrons. The first kappa shape index (κ1) is 18.1. The van der Waals surface area contributed by atoms with Crippen molar-refractivity contribution in [1.82, 2.24) is 0 Å². The molecule has 4 nitrogen and oxygen atoms in total. The number of esters is 1. The zero-order valence-electron chi connectivity index (χ0n) is 13.2. The van der Waals surface area contributed by atoms with Crippen LogP contribution in [-0.2, 0) is 20.7 Å². The second kappa shape index (κ2) is 7.33. The van der Waals surface area contributed by atoms with Crippen LogP contribution in [0.3, 0.4) is 0 Å². The van der Waals surface area contributed by atoms with Gasteiger partial charge < -0.3 is 9.47 Å². The first-order valence-electron chi connectivity index (χ1n) is 6.88. The van der Waals surface area contributed by atoms with Crippen molar-refractivity contribution < 1.29 is 27.8 Å². The first-order chi connectivity index (χ1) is 10.1. The lowest BCUT2D eigenvalue weighted by atomic mass is 10.0. The van der Waals surface area contributed by atoms with Crippen LogP contribution in [0.5, 0.6) is 5.75 Å². The Balaban J connectivity index is 2.59. The summed E-state index contributed by atoms with van der Waals surface area (Å²) in [6.07, 6.45) is -0.450. The van der Waals surface area contributed by atoms with Crippen LogP contribution in [-0.4, -0.2) is 24.5 Å². The molecule has 0 saturated heterocycles. The molecule has 0 aliphatic heterocycles. The van der Waals surface area contributed by atoms with Gasteiger partial charge in [-0.2, -0.15) is 4.39 Å². The molecule has 0 aliphatic rings. The summed E-state index contributed by atoms with van der Waals surface area (Å²) in [6, 6.07) is 2.55. The van der Waals surface area contributed by atoms with Gasteiger partial charge in [0.1, 0.15) is 11.4 Å². The molecular formula is C16H20F2O4. The third-order valence-corrected chi connectivity index (χ3v) is 2.76. The van der Waals surface area contributed by atoms with Crippen LogP contribution in [0, 0.1) is 11.6 Å². The molecule has 0 N–H and O–H groups in total. The summed E-state index contributed by atoms with van der Waals surface area (Å²) in [7, 11) is 1.23. The highest BCUT2D eigenvalue weighted by Crippen LogP contribution is 2.23. The highest BCUT2D eigenvalue weighted by molar-refractivity contribution is 5.84. The average molecular weight is 314 g/mol. The van der Waals surface area contributed by atoms with Gasteiger partial charge in [-0.1, -0.05) is 6.07 Å². The normalized spacial score (nSPS) is 11.2. The van der Waals surface area contributed by atoms with E-state index in [9.17, 15) is 18.4 Å². The zero-order valence-corrected chi connectivity index (χ0v) is 13.2. The molecule has 1 aromatic rings. The molecule has 1 aromatic carbocycles. The van der Waals surface area contributed by atoms with Gasteiger partial charge in [-0.05, 0) is 32.4 Å². The van der Waals surface area contributed by atoms with Crippen LogP contribution in [0.15, 0.2) is 12.1 Å². The van der Waals surface area contributed by atoms with E-state index in [1.807, 2.05) is 0 Å². The van der Waals surface area contributed by atoms with Crippen molar-refractivity contribution >= 4 is 11.8 Å². The summed E-state index contributed by atoms with van der Waals surface area (Å²) in [5.41, 5.74) is -0.682. The monoisotopic (exact) mass is 314 g/mol. The molecule has 0 heterocycles. The SMILES string of the molecule is COc1ccc(CC(=O)CCC(=O)OC(C)(C)C)c(F)c1F. The van der Waals surface area contributed by atoms with Crippen LogP contribution < -0.4 is 4.74 Å². The number of hydrogen-bond donors (Lipinski definition) is 0. The molecule has 0 aliphatic carbocycles. The number of rotatable bonds is 6. The van der Waals surface area contributed by atoms with Gasteiger partial charge in [0, 0.05) is 12.8 Å². The summed E-state index contributed by atoms with van der Waals surface area (Å²) in [6.45, 7) is 5.17. The fourth-order valence-corrected chi connectivity index (χ4v) is 1.80. The van der Waals surface area contributed by atoms with Gasteiger partial charge >= 0.3 is 5.97 Å². The van der Waals surface area contributed by atoms with Gasteiger partial charge in [0.25, 0.3) is 0 Å². The second-order valence-corrected chi connectivity index (χ2v) is 5.86. The minimum Gasteiger partial charge on any atom is -0.494 e. The Kier molecular flexibility index (Phi) is 6.02. The van der Waals surface area contributed by atoms with E-state index >= 15 is 0 Å². The van der Waals surface area contributed by atoms with Gasteiger partial charge in [-0.3, -0.25) is 9.59 Å². The van der Waals surface area contributed by atoms with Gasteiger partial charge in [0.05, 0.1) is 13.5 Å². The Hall–Kier alpha value is -1.98. The number of halogens is 2. The lowest BCUT2D eigenvalue weighted by molar-refractivity contribution is -0.155. The number of carbonyl (C=O) groups excluding carboxylic acids is 2. The maximum Gasteiger partial charge on any atom is 0.306 e. The smallest absolute Gasteiger partial charge is 0.306 e. The third-order valence-electron chi connectivity index (χ3n) is 2.76. The summed E-state index contributed by atoms with van der Waals surface area (Å²) < 4.78 is 37.0. The third kappa shape index (κ3) is 5.42. The quantitative estimate of drug-likeness (QED) is 0.757. The molecule has 0 fully saturated rings. The van der Waals surface area contributed by atoms with E-state index in [-0.39, 0.29) is 36.4 Å².